The van der Waals surface area contributed by atoms with Gasteiger partial charge in [0.2, 0.25) is 17.5 Å². The van der Waals surface area contributed by atoms with E-state index in [2.05, 4.69) is 20.2 Å². The molecule has 0 atom stereocenters. The quantitative estimate of drug-likeness (QED) is 0.411. The van der Waals surface area contributed by atoms with E-state index in [4.69, 9.17) is 10.5 Å². The third-order valence-electron chi connectivity index (χ3n) is 5.15. The molecule has 0 bridgehead atoms. The summed E-state index contributed by atoms with van der Waals surface area (Å²) in [5.41, 5.74) is 6.74. The van der Waals surface area contributed by atoms with E-state index in [0.717, 1.165) is 4.90 Å². The molecule has 1 aromatic carbocycles. The first-order valence-corrected chi connectivity index (χ1v) is 10.1. The number of hydrogen-bond donors (Lipinski definition) is 1. The van der Waals surface area contributed by atoms with Gasteiger partial charge in [-0.05, 0) is 36.8 Å². The molecule has 0 aliphatic carbocycles. The third-order valence-corrected chi connectivity index (χ3v) is 5.15. The summed E-state index contributed by atoms with van der Waals surface area (Å²) in [6.45, 7) is 0.763. The Bertz CT molecular complexity index is 1300. The number of benzene rings is 1. The maximum absolute atomic E-state index is 13.2. The number of alkyl halides is 3. The second-order valence-electron chi connectivity index (χ2n) is 7.41. The molecule has 35 heavy (non-hydrogen) atoms. The van der Waals surface area contributed by atoms with Gasteiger partial charge in [-0.25, -0.2) is 14.4 Å². The zero-order chi connectivity index (χ0) is 25.3. The molecule has 182 valence electrons. The van der Waals surface area contributed by atoms with Crippen molar-refractivity contribution in [2.45, 2.75) is 19.6 Å². The molecule has 2 aromatic heterocycles. The van der Waals surface area contributed by atoms with Crippen molar-refractivity contribution < 1.29 is 31.9 Å². The Balaban J connectivity index is 1.48. The van der Waals surface area contributed by atoms with E-state index in [1.165, 1.54) is 43.6 Å². The summed E-state index contributed by atoms with van der Waals surface area (Å²) in [7, 11) is 0. The number of anilines is 1. The third kappa shape index (κ3) is 4.81. The molecule has 1 amide bonds. The molecule has 0 unspecified atom stereocenters. The molecule has 0 fully saturated rings. The van der Waals surface area contributed by atoms with E-state index in [1.54, 1.807) is 0 Å². The van der Waals surface area contributed by atoms with E-state index in [1.807, 2.05) is 0 Å². The number of carbonyl (C=O) groups is 2. The number of Topliss-reactive ketones (excluding diaryl/α,β-unsaturated/α-hetero) is 1. The normalized spacial score (nSPS) is 14.4. The van der Waals surface area contributed by atoms with Gasteiger partial charge >= 0.3 is 6.18 Å². The van der Waals surface area contributed by atoms with Crippen LogP contribution in [0.4, 0.5) is 23.4 Å². The van der Waals surface area contributed by atoms with Gasteiger partial charge in [-0.15, -0.1) is 10.2 Å². The number of nitrogens with zero attached hydrogens (tertiary/aromatic N) is 6. The standard InChI is InChI=1S/C21H17F4N7O3/c1-11(33)14(17(26)12-2-4-13(22)5-3-12)10-35-16-9-27-15(8-28-16)31-6-7-32-18(19(31)34)29-30-20(32)21(23,24)25/h2-5,8-9H,6-7,10,26H2,1H3/b17-14-. The van der Waals surface area contributed by atoms with Crippen LogP contribution >= 0.6 is 0 Å². The van der Waals surface area contributed by atoms with Crippen LogP contribution in [0.3, 0.4) is 0 Å². The topological polar surface area (TPSA) is 129 Å². The predicted molar refractivity (Wildman–Crippen MR) is 112 cm³/mol. The molecule has 1 aliphatic heterocycles. The zero-order valence-electron chi connectivity index (χ0n) is 18.1. The number of hydrogen-bond acceptors (Lipinski definition) is 8. The molecular formula is C21H17F4N7O3. The van der Waals surface area contributed by atoms with Crippen molar-refractivity contribution in [2.24, 2.45) is 5.73 Å². The number of ether oxygens (including phenoxy) is 1. The van der Waals surface area contributed by atoms with Gasteiger partial charge in [0.1, 0.15) is 12.4 Å². The molecule has 1 aliphatic rings. The number of nitrogens with two attached hydrogens (primary N) is 1. The highest BCUT2D eigenvalue weighted by atomic mass is 19.4. The maximum atomic E-state index is 13.2. The van der Waals surface area contributed by atoms with Crippen molar-refractivity contribution >= 4 is 23.2 Å². The molecule has 4 rings (SSSR count). The Morgan fingerprint density at radius 1 is 1.11 bits per heavy atom. The Hall–Kier alpha value is -4.36. The Morgan fingerprint density at radius 2 is 1.83 bits per heavy atom. The van der Waals surface area contributed by atoms with Crippen molar-refractivity contribution in [2.75, 3.05) is 18.1 Å². The van der Waals surface area contributed by atoms with Crippen LogP contribution in [0.2, 0.25) is 0 Å². The summed E-state index contributed by atoms with van der Waals surface area (Å²) in [4.78, 5) is 33.9. The maximum Gasteiger partial charge on any atom is 0.451 e. The minimum atomic E-state index is -4.74. The van der Waals surface area contributed by atoms with E-state index < -0.39 is 29.5 Å². The molecule has 2 N–H and O–H groups in total. The molecule has 0 saturated heterocycles. The minimum absolute atomic E-state index is 0.00592. The van der Waals surface area contributed by atoms with Crippen molar-refractivity contribution in [1.82, 2.24) is 24.7 Å². The number of fused-ring (bicyclic) bond motifs is 1. The molecule has 0 radical (unpaired) electrons. The van der Waals surface area contributed by atoms with Gasteiger partial charge in [-0.1, -0.05) is 0 Å². The van der Waals surface area contributed by atoms with Gasteiger partial charge in [0.25, 0.3) is 5.91 Å². The Kier molecular flexibility index (Phi) is 6.20. The highest BCUT2D eigenvalue weighted by molar-refractivity contribution is 6.03. The minimum Gasteiger partial charge on any atom is -0.471 e. The second-order valence-corrected chi connectivity index (χ2v) is 7.41. The van der Waals surface area contributed by atoms with Crippen LogP contribution in [0.5, 0.6) is 5.88 Å². The summed E-state index contributed by atoms with van der Waals surface area (Å²) < 4.78 is 58.4. The van der Waals surface area contributed by atoms with Crippen molar-refractivity contribution in [3.8, 4) is 5.88 Å². The van der Waals surface area contributed by atoms with E-state index in [9.17, 15) is 27.2 Å². The van der Waals surface area contributed by atoms with Crippen LogP contribution in [0.25, 0.3) is 5.70 Å². The summed E-state index contributed by atoms with van der Waals surface area (Å²) >= 11 is 0. The van der Waals surface area contributed by atoms with Gasteiger partial charge in [-0.2, -0.15) is 13.2 Å². The SMILES string of the molecule is CC(=O)/C(COc1cnc(N2CCn3c(nnc3C(F)(F)F)C2=O)cn1)=C(\N)c1ccc(F)cc1. The number of aromatic nitrogens is 5. The first-order chi connectivity index (χ1) is 16.6. The Morgan fingerprint density at radius 3 is 2.43 bits per heavy atom. The average Bonchev–Trinajstić information content (AvgIpc) is 3.26. The lowest BCUT2D eigenvalue weighted by Gasteiger charge is -2.26. The number of amides is 1. The molecule has 0 spiro atoms. The molecule has 3 aromatic rings. The smallest absolute Gasteiger partial charge is 0.451 e. The van der Waals surface area contributed by atoms with Crippen molar-refractivity contribution in [3.63, 3.8) is 0 Å². The zero-order valence-corrected chi connectivity index (χ0v) is 18.1. The largest absolute Gasteiger partial charge is 0.471 e. The number of ketones is 1. The molecule has 14 heteroatoms. The van der Waals surface area contributed by atoms with Crippen LogP contribution in [0.15, 0.2) is 42.2 Å². The summed E-state index contributed by atoms with van der Waals surface area (Å²) in [6, 6.07) is 5.27. The average molecular weight is 491 g/mol. The fourth-order valence-corrected chi connectivity index (χ4v) is 3.37. The fourth-order valence-electron chi connectivity index (χ4n) is 3.37. The molecule has 10 nitrogen and oxygen atoms in total. The lowest BCUT2D eigenvalue weighted by atomic mass is 10.0. The van der Waals surface area contributed by atoms with Gasteiger partial charge < -0.3 is 10.5 Å². The summed E-state index contributed by atoms with van der Waals surface area (Å²) in [5.74, 6) is -3.26. The second kappa shape index (κ2) is 9.12. The van der Waals surface area contributed by atoms with E-state index in [0.29, 0.717) is 10.1 Å². The van der Waals surface area contributed by atoms with Crippen molar-refractivity contribution in [3.05, 3.63) is 65.3 Å². The van der Waals surface area contributed by atoms with Gasteiger partial charge in [0, 0.05) is 18.8 Å². The number of halogens is 4. The van der Waals surface area contributed by atoms with Crippen LogP contribution < -0.4 is 15.4 Å². The van der Waals surface area contributed by atoms with Gasteiger partial charge in [-0.3, -0.25) is 19.1 Å². The van der Waals surface area contributed by atoms with E-state index >= 15 is 0 Å². The Labute approximate surface area is 195 Å². The molecular weight excluding hydrogens is 474 g/mol. The lowest BCUT2D eigenvalue weighted by Crippen LogP contribution is -2.42. The first kappa shape index (κ1) is 23.8. The molecule has 0 saturated carbocycles. The van der Waals surface area contributed by atoms with Crippen LogP contribution in [0, 0.1) is 5.82 Å². The van der Waals surface area contributed by atoms with Gasteiger partial charge in [0.05, 0.1) is 18.0 Å². The monoisotopic (exact) mass is 491 g/mol. The highest BCUT2D eigenvalue weighted by Gasteiger charge is 2.42. The van der Waals surface area contributed by atoms with Crippen LogP contribution in [-0.4, -0.2) is 49.6 Å². The highest BCUT2D eigenvalue weighted by Crippen LogP contribution is 2.30. The fraction of sp³-hybridized carbons (Fsp3) is 0.238. The van der Waals surface area contributed by atoms with Crippen molar-refractivity contribution in [1.29, 1.82) is 0 Å². The predicted octanol–water partition coefficient (Wildman–Crippen LogP) is 2.22. The summed E-state index contributed by atoms with van der Waals surface area (Å²) in [5, 5.41) is 6.45. The lowest BCUT2D eigenvalue weighted by molar-refractivity contribution is -0.147. The number of rotatable bonds is 6. The van der Waals surface area contributed by atoms with Crippen LogP contribution in [-0.2, 0) is 17.5 Å². The van der Waals surface area contributed by atoms with Gasteiger partial charge in [0.15, 0.2) is 11.6 Å². The number of carbonyl (C=O) groups excluding carboxylic acids is 2. The summed E-state index contributed by atoms with van der Waals surface area (Å²) in [6.07, 6.45) is -2.35. The molecule has 3 heterocycles. The van der Waals surface area contributed by atoms with Crippen LogP contribution in [0.1, 0.15) is 28.9 Å². The first-order valence-electron chi connectivity index (χ1n) is 10.1. The van der Waals surface area contributed by atoms with E-state index in [-0.39, 0.29) is 48.4 Å².